The SMILES string of the molecule is CC1CC(C)CN(Cc2ccc(C#CCCO)cc2)C1. The number of benzene rings is 1. The molecule has 0 bridgehead atoms. The summed E-state index contributed by atoms with van der Waals surface area (Å²) in [5, 5.41) is 8.71. The molecule has 0 spiro atoms. The third-order valence-corrected chi connectivity index (χ3v) is 3.77. The normalized spacial score (nSPS) is 23.1. The average Bonchev–Trinajstić information content (AvgIpc) is 2.40. The molecule has 2 rings (SSSR count). The molecule has 1 fully saturated rings. The van der Waals surface area contributed by atoms with Crippen molar-refractivity contribution in [1.82, 2.24) is 4.90 Å². The van der Waals surface area contributed by atoms with E-state index in [1.54, 1.807) is 0 Å². The minimum Gasteiger partial charge on any atom is -0.395 e. The molecule has 0 aromatic heterocycles. The molecule has 0 aliphatic carbocycles. The van der Waals surface area contributed by atoms with Gasteiger partial charge in [-0.3, -0.25) is 4.90 Å². The highest BCUT2D eigenvalue weighted by Crippen LogP contribution is 2.22. The smallest absolute Gasteiger partial charge is 0.0540 e. The van der Waals surface area contributed by atoms with E-state index in [2.05, 4.69) is 54.9 Å². The molecule has 108 valence electrons. The number of aliphatic hydroxyl groups is 1. The fraction of sp³-hybridized carbons (Fsp3) is 0.556. The Hall–Kier alpha value is -1.30. The van der Waals surface area contributed by atoms with Gasteiger partial charge in [0.2, 0.25) is 0 Å². The number of hydrogen-bond donors (Lipinski definition) is 1. The molecule has 1 saturated heterocycles. The lowest BCUT2D eigenvalue weighted by atomic mass is 9.91. The van der Waals surface area contributed by atoms with Gasteiger partial charge in [0.15, 0.2) is 0 Å². The lowest BCUT2D eigenvalue weighted by molar-refractivity contribution is 0.134. The Kier molecular flexibility index (Phi) is 5.64. The Balaban J connectivity index is 1.92. The molecule has 0 amide bonds. The van der Waals surface area contributed by atoms with Crippen molar-refractivity contribution in [2.24, 2.45) is 11.8 Å². The van der Waals surface area contributed by atoms with Crippen molar-refractivity contribution in [1.29, 1.82) is 0 Å². The first-order valence-electron chi connectivity index (χ1n) is 7.58. The number of aliphatic hydroxyl groups excluding tert-OH is 1. The summed E-state index contributed by atoms with van der Waals surface area (Å²) in [4.78, 5) is 2.56. The maximum absolute atomic E-state index is 8.71. The molecule has 2 unspecified atom stereocenters. The molecule has 1 N–H and O–H groups in total. The number of likely N-dealkylation sites (tertiary alicyclic amines) is 1. The Morgan fingerprint density at radius 3 is 2.40 bits per heavy atom. The van der Waals surface area contributed by atoms with E-state index in [0.717, 1.165) is 23.9 Å². The van der Waals surface area contributed by atoms with Crippen molar-refractivity contribution in [3.8, 4) is 11.8 Å². The second-order valence-corrected chi connectivity index (χ2v) is 6.11. The molecule has 1 heterocycles. The Labute approximate surface area is 122 Å². The lowest BCUT2D eigenvalue weighted by Crippen LogP contribution is -2.38. The number of hydrogen-bond acceptors (Lipinski definition) is 2. The largest absolute Gasteiger partial charge is 0.395 e. The summed E-state index contributed by atoms with van der Waals surface area (Å²) in [6.45, 7) is 8.30. The van der Waals surface area contributed by atoms with Crippen LogP contribution in [0.5, 0.6) is 0 Å². The maximum Gasteiger partial charge on any atom is 0.0540 e. The highest BCUT2D eigenvalue weighted by molar-refractivity contribution is 5.36. The molecule has 1 aromatic carbocycles. The first-order chi connectivity index (χ1) is 9.67. The average molecular weight is 271 g/mol. The summed E-state index contributed by atoms with van der Waals surface area (Å²) in [6.07, 6.45) is 1.90. The number of nitrogens with zero attached hydrogens (tertiary/aromatic N) is 1. The molecule has 20 heavy (non-hydrogen) atoms. The minimum atomic E-state index is 0.135. The van der Waals surface area contributed by atoms with Crippen LogP contribution in [0.15, 0.2) is 24.3 Å². The van der Waals surface area contributed by atoms with Gasteiger partial charge in [-0.1, -0.05) is 37.8 Å². The summed E-state index contributed by atoms with van der Waals surface area (Å²) in [5.74, 6) is 7.64. The van der Waals surface area contributed by atoms with Crippen LogP contribution >= 0.6 is 0 Å². The van der Waals surface area contributed by atoms with Crippen molar-refractivity contribution in [3.05, 3.63) is 35.4 Å². The van der Waals surface area contributed by atoms with E-state index in [-0.39, 0.29) is 6.61 Å². The molecular weight excluding hydrogens is 246 g/mol. The van der Waals surface area contributed by atoms with Gasteiger partial charge in [-0.2, -0.15) is 0 Å². The predicted octanol–water partition coefficient (Wildman–Crippen LogP) is 2.90. The van der Waals surface area contributed by atoms with Crippen LogP contribution in [0.2, 0.25) is 0 Å². The zero-order chi connectivity index (χ0) is 14.4. The third-order valence-electron chi connectivity index (χ3n) is 3.77. The molecule has 1 aliphatic heterocycles. The van der Waals surface area contributed by atoms with Crippen molar-refractivity contribution in [3.63, 3.8) is 0 Å². The van der Waals surface area contributed by atoms with Crippen molar-refractivity contribution >= 4 is 0 Å². The highest BCUT2D eigenvalue weighted by atomic mass is 16.2. The van der Waals surface area contributed by atoms with E-state index in [1.807, 2.05) is 0 Å². The Morgan fingerprint density at radius 2 is 1.80 bits per heavy atom. The van der Waals surface area contributed by atoms with Crippen LogP contribution in [0.3, 0.4) is 0 Å². The topological polar surface area (TPSA) is 23.5 Å². The van der Waals surface area contributed by atoms with E-state index < -0.39 is 0 Å². The number of rotatable bonds is 3. The summed E-state index contributed by atoms with van der Waals surface area (Å²) < 4.78 is 0. The first kappa shape index (κ1) is 15.1. The third kappa shape index (κ3) is 4.67. The standard InChI is InChI=1S/C18H25NO/c1-15-11-16(2)13-19(12-15)14-18-8-6-17(7-9-18)5-3-4-10-20/h6-9,15-16,20H,4,10-14H2,1-2H3. The van der Waals surface area contributed by atoms with Crippen LogP contribution in [0.4, 0.5) is 0 Å². The molecule has 2 heteroatoms. The minimum absolute atomic E-state index is 0.135. The fourth-order valence-electron chi connectivity index (χ4n) is 3.09. The second kappa shape index (κ2) is 7.47. The van der Waals surface area contributed by atoms with Gasteiger partial charge < -0.3 is 5.11 Å². The summed E-state index contributed by atoms with van der Waals surface area (Å²) >= 11 is 0. The molecule has 0 radical (unpaired) electrons. The van der Waals surface area contributed by atoms with Crippen molar-refractivity contribution in [2.75, 3.05) is 19.7 Å². The zero-order valence-corrected chi connectivity index (χ0v) is 12.6. The molecular formula is C18H25NO. The van der Waals surface area contributed by atoms with Gasteiger partial charge in [0.25, 0.3) is 0 Å². The predicted molar refractivity (Wildman–Crippen MR) is 83.2 cm³/mol. The Bertz CT molecular complexity index is 458. The molecule has 0 saturated carbocycles. The van der Waals surface area contributed by atoms with Gasteiger partial charge in [-0.25, -0.2) is 0 Å². The van der Waals surface area contributed by atoms with Gasteiger partial charge in [0.1, 0.15) is 0 Å². The summed E-state index contributed by atoms with van der Waals surface area (Å²) in [7, 11) is 0. The van der Waals surface area contributed by atoms with Crippen LogP contribution in [-0.2, 0) is 6.54 Å². The van der Waals surface area contributed by atoms with Gasteiger partial charge >= 0.3 is 0 Å². The van der Waals surface area contributed by atoms with Crippen LogP contribution in [-0.4, -0.2) is 29.7 Å². The quantitative estimate of drug-likeness (QED) is 0.855. The van der Waals surface area contributed by atoms with E-state index in [9.17, 15) is 0 Å². The van der Waals surface area contributed by atoms with Crippen molar-refractivity contribution in [2.45, 2.75) is 33.2 Å². The first-order valence-corrected chi connectivity index (χ1v) is 7.58. The van der Waals surface area contributed by atoms with Gasteiger partial charge in [-0.05, 0) is 36.0 Å². The van der Waals surface area contributed by atoms with Crippen LogP contribution in [0.25, 0.3) is 0 Å². The fourth-order valence-corrected chi connectivity index (χ4v) is 3.09. The van der Waals surface area contributed by atoms with E-state index >= 15 is 0 Å². The second-order valence-electron chi connectivity index (χ2n) is 6.11. The summed E-state index contributed by atoms with van der Waals surface area (Å²) in [5.41, 5.74) is 2.39. The zero-order valence-electron chi connectivity index (χ0n) is 12.6. The van der Waals surface area contributed by atoms with E-state index in [1.165, 1.54) is 25.1 Å². The monoisotopic (exact) mass is 271 g/mol. The van der Waals surface area contributed by atoms with E-state index in [4.69, 9.17) is 5.11 Å². The van der Waals surface area contributed by atoms with Crippen LogP contribution in [0, 0.1) is 23.7 Å². The lowest BCUT2D eigenvalue weighted by Gasteiger charge is -2.35. The van der Waals surface area contributed by atoms with E-state index in [0.29, 0.717) is 6.42 Å². The van der Waals surface area contributed by atoms with Crippen LogP contribution < -0.4 is 0 Å². The van der Waals surface area contributed by atoms with Gasteiger partial charge in [0.05, 0.1) is 6.61 Å². The number of piperidine rings is 1. The maximum atomic E-state index is 8.71. The van der Waals surface area contributed by atoms with Gasteiger partial charge in [0, 0.05) is 31.6 Å². The van der Waals surface area contributed by atoms with Crippen LogP contribution in [0.1, 0.15) is 37.8 Å². The molecule has 1 aromatic rings. The molecule has 2 atom stereocenters. The molecule has 2 nitrogen and oxygen atoms in total. The highest BCUT2D eigenvalue weighted by Gasteiger charge is 2.21. The Morgan fingerprint density at radius 1 is 1.15 bits per heavy atom. The summed E-state index contributed by atoms with van der Waals surface area (Å²) in [6, 6.07) is 8.51. The molecule has 1 aliphatic rings. The van der Waals surface area contributed by atoms with Crippen molar-refractivity contribution < 1.29 is 5.11 Å². The van der Waals surface area contributed by atoms with Gasteiger partial charge in [-0.15, -0.1) is 0 Å².